The van der Waals surface area contributed by atoms with E-state index in [2.05, 4.69) is 0 Å². The molecule has 23 heavy (non-hydrogen) atoms. The van der Waals surface area contributed by atoms with Gasteiger partial charge in [0.15, 0.2) is 5.76 Å². The van der Waals surface area contributed by atoms with Crippen molar-refractivity contribution >= 4 is 17.5 Å². The predicted molar refractivity (Wildman–Crippen MR) is 91.2 cm³/mol. The fraction of sp³-hybridized carbons (Fsp3) is 0.389. The minimum Gasteiger partial charge on any atom is -0.493 e. The zero-order chi connectivity index (χ0) is 16.8. The predicted octanol–water partition coefficient (Wildman–Crippen LogP) is 4.43. The third-order valence-electron chi connectivity index (χ3n) is 3.57. The van der Waals surface area contributed by atoms with Gasteiger partial charge in [-0.15, -0.1) is 11.6 Å². The Labute approximate surface area is 142 Å². The molecule has 0 N–H and O–H groups in total. The highest BCUT2D eigenvalue weighted by Gasteiger charge is 2.17. The molecule has 1 atom stereocenters. The molecule has 0 bridgehead atoms. The van der Waals surface area contributed by atoms with Crippen LogP contribution in [0.25, 0.3) is 0 Å². The summed E-state index contributed by atoms with van der Waals surface area (Å²) in [5, 5.41) is -0.246. The number of rotatable bonds is 7. The molecule has 0 aliphatic carbocycles. The second-order valence-electron chi connectivity index (χ2n) is 5.51. The van der Waals surface area contributed by atoms with Crippen molar-refractivity contribution in [1.29, 1.82) is 0 Å². The molecule has 1 aromatic carbocycles. The van der Waals surface area contributed by atoms with Gasteiger partial charge < -0.3 is 14.1 Å². The van der Waals surface area contributed by atoms with Gasteiger partial charge in [-0.2, -0.15) is 0 Å². The van der Waals surface area contributed by atoms with Crippen LogP contribution in [0.5, 0.6) is 5.75 Å². The SMILES string of the molecule is Cc1ccccc1OCCCN(C)C(=O)c1ccc(C(C)Cl)o1. The monoisotopic (exact) mass is 335 g/mol. The number of hydrogen-bond acceptors (Lipinski definition) is 3. The van der Waals surface area contributed by atoms with Crippen LogP contribution in [0, 0.1) is 6.92 Å². The van der Waals surface area contributed by atoms with Gasteiger partial charge in [-0.25, -0.2) is 0 Å². The molecule has 5 heteroatoms. The van der Waals surface area contributed by atoms with Gasteiger partial charge in [0.05, 0.1) is 12.0 Å². The van der Waals surface area contributed by atoms with E-state index in [-0.39, 0.29) is 11.3 Å². The number of carbonyl (C=O) groups is 1. The Hall–Kier alpha value is -1.94. The number of ether oxygens (including phenoxy) is 1. The number of nitrogens with zero attached hydrogens (tertiary/aromatic N) is 1. The molecular weight excluding hydrogens is 314 g/mol. The van der Waals surface area contributed by atoms with E-state index in [4.69, 9.17) is 20.8 Å². The van der Waals surface area contributed by atoms with E-state index in [1.165, 1.54) is 0 Å². The second-order valence-corrected chi connectivity index (χ2v) is 6.17. The average molecular weight is 336 g/mol. The first kappa shape index (κ1) is 17.4. The first-order chi connectivity index (χ1) is 11.0. The molecule has 1 amide bonds. The number of para-hydroxylation sites is 1. The number of alkyl halides is 1. The van der Waals surface area contributed by atoms with Crippen molar-refractivity contribution in [3.63, 3.8) is 0 Å². The van der Waals surface area contributed by atoms with Crippen molar-refractivity contribution in [2.45, 2.75) is 25.6 Å². The highest BCUT2D eigenvalue weighted by Crippen LogP contribution is 2.22. The van der Waals surface area contributed by atoms with Gasteiger partial charge in [-0.1, -0.05) is 18.2 Å². The molecule has 0 aliphatic rings. The largest absolute Gasteiger partial charge is 0.493 e. The van der Waals surface area contributed by atoms with E-state index in [1.54, 1.807) is 31.0 Å². The number of carbonyl (C=O) groups excluding carboxylic acids is 1. The Morgan fingerprint density at radius 2 is 2.04 bits per heavy atom. The number of hydrogen-bond donors (Lipinski definition) is 0. The zero-order valence-electron chi connectivity index (χ0n) is 13.7. The molecular formula is C18H22ClNO3. The van der Waals surface area contributed by atoms with Gasteiger partial charge in [0.1, 0.15) is 11.5 Å². The number of furan rings is 1. The third-order valence-corrected chi connectivity index (χ3v) is 3.78. The normalized spacial score (nSPS) is 12.0. The van der Waals surface area contributed by atoms with Crippen molar-refractivity contribution in [3.8, 4) is 5.75 Å². The maximum atomic E-state index is 12.2. The lowest BCUT2D eigenvalue weighted by Gasteiger charge is -2.16. The van der Waals surface area contributed by atoms with Crippen molar-refractivity contribution in [2.75, 3.05) is 20.2 Å². The van der Waals surface area contributed by atoms with Crippen molar-refractivity contribution in [2.24, 2.45) is 0 Å². The standard InChI is InChI=1S/C18H22ClNO3/c1-13-7-4-5-8-15(13)22-12-6-11-20(3)18(21)17-10-9-16(23-17)14(2)19/h4-5,7-10,14H,6,11-12H2,1-3H3. The fourth-order valence-electron chi connectivity index (χ4n) is 2.17. The van der Waals surface area contributed by atoms with Gasteiger partial charge in [0.25, 0.3) is 5.91 Å². The Morgan fingerprint density at radius 3 is 2.70 bits per heavy atom. The minimum atomic E-state index is -0.246. The van der Waals surface area contributed by atoms with Crippen LogP contribution in [-0.2, 0) is 0 Å². The van der Waals surface area contributed by atoms with Crippen molar-refractivity contribution < 1.29 is 13.9 Å². The first-order valence-corrected chi connectivity index (χ1v) is 8.10. The van der Waals surface area contributed by atoms with Crippen LogP contribution in [0.1, 0.15) is 40.6 Å². The van der Waals surface area contributed by atoms with E-state index >= 15 is 0 Å². The highest BCUT2D eigenvalue weighted by atomic mass is 35.5. The molecule has 1 heterocycles. The van der Waals surface area contributed by atoms with Crippen LogP contribution in [0.15, 0.2) is 40.8 Å². The Balaban J connectivity index is 1.79. The summed E-state index contributed by atoms with van der Waals surface area (Å²) >= 11 is 5.94. The summed E-state index contributed by atoms with van der Waals surface area (Å²) in [4.78, 5) is 13.9. The zero-order valence-corrected chi connectivity index (χ0v) is 14.5. The Kier molecular flexibility index (Phi) is 6.11. The fourth-order valence-corrected chi connectivity index (χ4v) is 2.29. The second kappa shape index (κ2) is 8.06. The number of amides is 1. The van der Waals surface area contributed by atoms with Crippen LogP contribution >= 0.6 is 11.6 Å². The summed E-state index contributed by atoms with van der Waals surface area (Å²) in [5.41, 5.74) is 1.11. The van der Waals surface area contributed by atoms with Gasteiger partial charge in [0, 0.05) is 13.6 Å². The smallest absolute Gasteiger partial charge is 0.289 e. The van der Waals surface area contributed by atoms with Gasteiger partial charge in [-0.05, 0) is 44.0 Å². The number of benzene rings is 1. The maximum absolute atomic E-state index is 12.2. The van der Waals surface area contributed by atoms with Crippen molar-refractivity contribution in [3.05, 3.63) is 53.5 Å². The van der Waals surface area contributed by atoms with E-state index in [0.717, 1.165) is 17.7 Å². The molecule has 0 spiro atoms. The van der Waals surface area contributed by atoms with E-state index in [0.29, 0.717) is 24.7 Å². The summed E-state index contributed by atoms with van der Waals surface area (Å²) in [6.07, 6.45) is 0.746. The molecule has 124 valence electrons. The summed E-state index contributed by atoms with van der Waals surface area (Å²) in [6, 6.07) is 11.3. The quantitative estimate of drug-likeness (QED) is 0.555. The van der Waals surface area contributed by atoms with Crippen LogP contribution < -0.4 is 4.74 Å². The molecule has 4 nitrogen and oxygen atoms in total. The Bertz CT molecular complexity index is 651. The Morgan fingerprint density at radius 1 is 1.30 bits per heavy atom. The van der Waals surface area contributed by atoms with Gasteiger partial charge in [-0.3, -0.25) is 4.79 Å². The third kappa shape index (κ3) is 4.76. The van der Waals surface area contributed by atoms with Gasteiger partial charge >= 0.3 is 0 Å². The molecule has 0 saturated heterocycles. The summed E-state index contributed by atoms with van der Waals surface area (Å²) < 4.78 is 11.2. The topological polar surface area (TPSA) is 42.7 Å². The summed E-state index contributed by atoms with van der Waals surface area (Å²) in [6.45, 7) is 4.97. The first-order valence-electron chi connectivity index (χ1n) is 7.66. The van der Waals surface area contributed by atoms with Crippen LogP contribution in [0.3, 0.4) is 0 Å². The lowest BCUT2D eigenvalue weighted by atomic mass is 10.2. The number of halogens is 1. The van der Waals surface area contributed by atoms with Crippen LogP contribution in [-0.4, -0.2) is 31.0 Å². The lowest BCUT2D eigenvalue weighted by molar-refractivity contribution is 0.0754. The molecule has 0 aliphatic heterocycles. The summed E-state index contributed by atoms with van der Waals surface area (Å²) in [7, 11) is 1.75. The van der Waals surface area contributed by atoms with E-state index in [9.17, 15) is 4.79 Å². The van der Waals surface area contributed by atoms with Crippen LogP contribution in [0.2, 0.25) is 0 Å². The molecule has 0 fully saturated rings. The van der Waals surface area contributed by atoms with Gasteiger partial charge in [0.2, 0.25) is 0 Å². The van der Waals surface area contributed by atoms with Crippen LogP contribution in [0.4, 0.5) is 0 Å². The molecule has 0 radical (unpaired) electrons. The molecule has 1 aromatic heterocycles. The lowest BCUT2D eigenvalue weighted by Crippen LogP contribution is -2.28. The maximum Gasteiger partial charge on any atom is 0.289 e. The van der Waals surface area contributed by atoms with E-state index < -0.39 is 0 Å². The highest BCUT2D eigenvalue weighted by molar-refractivity contribution is 6.20. The molecule has 0 saturated carbocycles. The van der Waals surface area contributed by atoms with Crippen molar-refractivity contribution in [1.82, 2.24) is 4.90 Å². The van der Waals surface area contributed by atoms with E-state index in [1.807, 2.05) is 31.2 Å². The molecule has 1 unspecified atom stereocenters. The summed E-state index contributed by atoms with van der Waals surface area (Å²) in [5.74, 6) is 1.65. The molecule has 2 rings (SSSR count). The average Bonchev–Trinajstić information content (AvgIpc) is 3.02. The molecule has 2 aromatic rings. The minimum absolute atomic E-state index is 0.149. The number of aryl methyl sites for hydroxylation is 1.